The number of carbonyl (C=O) groups excluding carboxylic acids is 3. The molecule has 0 N–H and O–H groups in total. The zero-order valence-electron chi connectivity index (χ0n) is 17.1. The summed E-state index contributed by atoms with van der Waals surface area (Å²) in [5, 5.41) is 0. The number of carbonyl (C=O) groups is 3. The van der Waals surface area contributed by atoms with Crippen molar-refractivity contribution in [1.29, 1.82) is 0 Å². The first-order valence-electron chi connectivity index (χ1n) is 9.24. The van der Waals surface area contributed by atoms with Crippen LogP contribution in [0, 0.1) is 5.92 Å². The summed E-state index contributed by atoms with van der Waals surface area (Å²) in [6.07, 6.45) is 1.07. The topological polar surface area (TPSA) is 91.4 Å². The number of hydrogen-bond acceptors (Lipinski definition) is 6. The average molecular weight is 388 g/mol. The van der Waals surface area contributed by atoms with Crippen LogP contribution in [0.2, 0.25) is 0 Å². The van der Waals surface area contributed by atoms with E-state index in [0.29, 0.717) is 17.0 Å². The molecule has 0 fully saturated rings. The molecule has 150 valence electrons. The molecule has 3 heterocycles. The maximum absolute atomic E-state index is 12.9. The molecule has 0 bridgehead atoms. The van der Waals surface area contributed by atoms with E-state index in [4.69, 9.17) is 9.47 Å². The summed E-state index contributed by atoms with van der Waals surface area (Å²) < 4.78 is 14.0. The molecule has 3 rings (SSSR count). The third kappa shape index (κ3) is 3.90. The first-order chi connectivity index (χ1) is 12.9. The van der Waals surface area contributed by atoms with E-state index in [9.17, 15) is 14.4 Å². The molecule has 1 aliphatic rings. The number of Topliss-reactive ketones (excluding diaryl/α,β-unsaturated/α-hetero) is 1. The highest BCUT2D eigenvalue weighted by Crippen LogP contribution is 2.24. The second-order valence-electron chi connectivity index (χ2n) is 8.92. The van der Waals surface area contributed by atoms with Crippen molar-refractivity contribution in [2.45, 2.75) is 65.7 Å². The summed E-state index contributed by atoms with van der Waals surface area (Å²) in [7, 11) is 0. The Kier molecular flexibility index (Phi) is 4.77. The lowest BCUT2D eigenvalue weighted by Gasteiger charge is -2.25. The van der Waals surface area contributed by atoms with E-state index in [1.54, 1.807) is 64.4 Å². The lowest BCUT2D eigenvalue weighted by Crippen LogP contribution is -2.52. The molecule has 1 atom stereocenters. The highest BCUT2D eigenvalue weighted by atomic mass is 16.6. The number of ether oxygens (including phenoxy) is 2. The lowest BCUT2D eigenvalue weighted by molar-refractivity contribution is -0.672. The number of hydrogen-bond donors (Lipinski definition) is 0. The van der Waals surface area contributed by atoms with Crippen LogP contribution in [0.5, 0.6) is 0 Å². The molecule has 0 radical (unpaired) electrons. The molecule has 0 amide bonds. The number of rotatable bonds is 1. The number of aromatic nitrogens is 3. The van der Waals surface area contributed by atoms with Crippen LogP contribution in [0.3, 0.4) is 0 Å². The van der Waals surface area contributed by atoms with Crippen LogP contribution in [0.4, 0.5) is 4.79 Å². The quantitative estimate of drug-likeness (QED) is 0.422. The molecule has 28 heavy (non-hydrogen) atoms. The number of nitrogens with zero attached hydrogens (tertiary/aromatic N) is 3. The van der Waals surface area contributed by atoms with E-state index in [-0.39, 0.29) is 18.7 Å². The summed E-state index contributed by atoms with van der Waals surface area (Å²) in [5.74, 6) is -1.32. The summed E-state index contributed by atoms with van der Waals surface area (Å²) in [4.78, 5) is 42.4. The zero-order valence-corrected chi connectivity index (χ0v) is 17.1. The highest BCUT2D eigenvalue weighted by Gasteiger charge is 2.43. The van der Waals surface area contributed by atoms with E-state index in [2.05, 4.69) is 4.98 Å². The Morgan fingerprint density at radius 3 is 2.39 bits per heavy atom. The third-order valence-corrected chi connectivity index (χ3v) is 4.19. The van der Waals surface area contributed by atoms with Crippen molar-refractivity contribution in [2.24, 2.45) is 5.92 Å². The SMILES string of the molecule is CC(C)(C)OC(=O)C1Cc2n(C(=O)OC(C)(C)C)c3cccnc3[n+]2CC1=O. The van der Waals surface area contributed by atoms with Gasteiger partial charge < -0.3 is 9.47 Å². The fourth-order valence-corrected chi connectivity index (χ4v) is 3.18. The molecular weight excluding hydrogens is 362 g/mol. The van der Waals surface area contributed by atoms with Crippen LogP contribution in [-0.2, 0) is 32.0 Å². The molecule has 0 saturated heterocycles. The Morgan fingerprint density at radius 2 is 1.79 bits per heavy atom. The van der Waals surface area contributed by atoms with Crippen molar-refractivity contribution in [2.75, 3.05) is 0 Å². The van der Waals surface area contributed by atoms with Crippen LogP contribution in [-0.4, -0.2) is 38.6 Å². The van der Waals surface area contributed by atoms with Gasteiger partial charge in [-0.2, -0.15) is 4.57 Å². The number of imidazole rings is 1. The summed E-state index contributed by atoms with van der Waals surface area (Å²) >= 11 is 0. The summed E-state index contributed by atoms with van der Waals surface area (Å²) in [6, 6.07) is 3.45. The Labute approximate surface area is 163 Å². The Hall–Kier alpha value is -2.77. The smallest absolute Gasteiger partial charge is 0.459 e. The molecule has 0 aliphatic carbocycles. The van der Waals surface area contributed by atoms with Crippen molar-refractivity contribution in [3.63, 3.8) is 0 Å². The number of pyridine rings is 1. The van der Waals surface area contributed by atoms with Crippen LogP contribution >= 0.6 is 0 Å². The second-order valence-corrected chi connectivity index (χ2v) is 8.92. The zero-order chi connectivity index (χ0) is 20.9. The van der Waals surface area contributed by atoms with Crippen molar-refractivity contribution < 1.29 is 28.4 Å². The normalized spacial score (nSPS) is 17.4. The van der Waals surface area contributed by atoms with Gasteiger partial charge in [-0.25, -0.2) is 9.36 Å². The molecule has 1 unspecified atom stereocenters. The third-order valence-electron chi connectivity index (χ3n) is 4.19. The Morgan fingerprint density at radius 1 is 1.14 bits per heavy atom. The summed E-state index contributed by atoms with van der Waals surface area (Å²) in [6.45, 7) is 10.5. The molecule has 8 nitrogen and oxygen atoms in total. The fraction of sp³-hybridized carbons (Fsp3) is 0.550. The Balaban J connectivity index is 2.08. The number of fused-ring (bicyclic) bond motifs is 3. The second kappa shape index (κ2) is 6.68. The Bertz CT molecular complexity index is 963. The number of ketones is 1. The molecule has 0 spiro atoms. The van der Waals surface area contributed by atoms with E-state index in [1.807, 2.05) is 0 Å². The van der Waals surface area contributed by atoms with Crippen LogP contribution < -0.4 is 4.57 Å². The molecule has 8 heteroatoms. The van der Waals surface area contributed by atoms with Gasteiger partial charge in [0.2, 0.25) is 5.82 Å². The van der Waals surface area contributed by atoms with Gasteiger partial charge in [-0.3, -0.25) is 9.59 Å². The van der Waals surface area contributed by atoms with Gasteiger partial charge in [0.05, 0.1) is 6.42 Å². The fourth-order valence-electron chi connectivity index (χ4n) is 3.18. The van der Waals surface area contributed by atoms with Crippen LogP contribution in [0.25, 0.3) is 11.2 Å². The first-order valence-corrected chi connectivity index (χ1v) is 9.24. The average Bonchev–Trinajstić information content (AvgIpc) is 2.84. The van der Waals surface area contributed by atoms with Gasteiger partial charge in [0.25, 0.3) is 0 Å². The van der Waals surface area contributed by atoms with Crippen LogP contribution in [0.15, 0.2) is 18.3 Å². The van der Waals surface area contributed by atoms with Gasteiger partial charge in [0.1, 0.15) is 29.9 Å². The maximum Gasteiger partial charge on any atom is 0.481 e. The lowest BCUT2D eigenvalue weighted by atomic mass is 9.96. The summed E-state index contributed by atoms with van der Waals surface area (Å²) in [5.41, 5.74) is -0.365. The van der Waals surface area contributed by atoms with Gasteiger partial charge in [-0.05, 0) is 53.7 Å². The monoisotopic (exact) mass is 388 g/mol. The predicted molar refractivity (Wildman–Crippen MR) is 99.6 cm³/mol. The highest BCUT2D eigenvalue weighted by molar-refractivity contribution is 5.99. The van der Waals surface area contributed by atoms with Gasteiger partial charge >= 0.3 is 17.7 Å². The van der Waals surface area contributed by atoms with Crippen LogP contribution in [0.1, 0.15) is 47.4 Å². The van der Waals surface area contributed by atoms with Crippen molar-refractivity contribution >= 4 is 29.0 Å². The molecule has 0 saturated carbocycles. The molecule has 0 aromatic carbocycles. The van der Waals surface area contributed by atoms with Gasteiger partial charge in [-0.1, -0.05) is 0 Å². The van der Waals surface area contributed by atoms with Gasteiger partial charge in [-0.15, -0.1) is 4.98 Å². The van der Waals surface area contributed by atoms with Crippen molar-refractivity contribution in [3.8, 4) is 0 Å². The van der Waals surface area contributed by atoms with Crippen molar-refractivity contribution in [3.05, 3.63) is 24.2 Å². The minimum absolute atomic E-state index is 0.0450. The predicted octanol–water partition coefficient (Wildman–Crippen LogP) is 2.19. The standard InChI is InChI=1S/C20H26N3O5/c1-19(2,3)27-17(25)12-10-15-22(11-14(12)24)16-13(8-7-9-21-16)23(15)18(26)28-20(4,5)6/h7-9,12H,10-11H2,1-6H3/q+1. The minimum atomic E-state index is -0.968. The molecule has 1 aliphatic heterocycles. The maximum atomic E-state index is 12.9. The van der Waals surface area contributed by atoms with E-state index in [0.717, 1.165) is 0 Å². The molecule has 2 aromatic heterocycles. The van der Waals surface area contributed by atoms with E-state index in [1.165, 1.54) is 4.57 Å². The van der Waals surface area contributed by atoms with Gasteiger partial charge in [0.15, 0.2) is 11.3 Å². The first kappa shape index (κ1) is 20.0. The largest absolute Gasteiger partial charge is 0.481 e. The van der Waals surface area contributed by atoms with E-state index >= 15 is 0 Å². The van der Waals surface area contributed by atoms with Gasteiger partial charge in [0, 0.05) is 0 Å². The van der Waals surface area contributed by atoms with E-state index < -0.39 is 29.2 Å². The molecular formula is C20H26N3O5+. The molecule has 2 aromatic rings. The number of esters is 1. The minimum Gasteiger partial charge on any atom is -0.459 e. The van der Waals surface area contributed by atoms with Crippen molar-refractivity contribution in [1.82, 2.24) is 9.55 Å².